The van der Waals surface area contributed by atoms with Gasteiger partial charge in [0.25, 0.3) is 0 Å². The number of carbonyl (C=O) groups is 1. The van der Waals surface area contributed by atoms with Gasteiger partial charge in [-0.15, -0.1) is 0 Å². The van der Waals surface area contributed by atoms with Crippen LogP contribution >= 0.6 is 0 Å². The first kappa shape index (κ1) is 21.5. The molecule has 1 saturated heterocycles. The van der Waals surface area contributed by atoms with E-state index in [0.717, 1.165) is 49.9 Å². The number of carbonyl (C=O) groups excluding carboxylic acids is 1. The number of aromatic nitrogens is 2. The van der Waals surface area contributed by atoms with Gasteiger partial charge in [-0.05, 0) is 38.0 Å². The third-order valence-corrected chi connectivity index (χ3v) is 7.99. The molecule has 0 bridgehead atoms. The maximum absolute atomic E-state index is 13.1. The van der Waals surface area contributed by atoms with Gasteiger partial charge in [-0.25, -0.2) is 8.42 Å². The molecular formula is C21H35N3O3S. The van der Waals surface area contributed by atoms with Crippen LogP contribution < -0.4 is 0 Å². The summed E-state index contributed by atoms with van der Waals surface area (Å²) in [6.45, 7) is 9.46. The first-order valence-corrected chi connectivity index (χ1v) is 12.4. The van der Waals surface area contributed by atoms with Gasteiger partial charge in [0.05, 0.1) is 28.7 Å². The van der Waals surface area contributed by atoms with Gasteiger partial charge < -0.3 is 0 Å². The molecule has 0 aromatic carbocycles. The van der Waals surface area contributed by atoms with E-state index < -0.39 is 10.0 Å². The topological polar surface area (TPSA) is 72.3 Å². The number of hydrogen-bond donors (Lipinski definition) is 0. The van der Waals surface area contributed by atoms with E-state index in [-0.39, 0.29) is 23.0 Å². The van der Waals surface area contributed by atoms with E-state index in [0.29, 0.717) is 18.7 Å². The van der Waals surface area contributed by atoms with E-state index >= 15 is 0 Å². The molecule has 0 radical (unpaired) electrons. The Balaban J connectivity index is 2.00. The lowest BCUT2D eigenvalue weighted by Crippen LogP contribution is -2.33. The average Bonchev–Trinajstić information content (AvgIpc) is 3.23. The van der Waals surface area contributed by atoms with Gasteiger partial charge in [0.15, 0.2) is 5.78 Å². The van der Waals surface area contributed by atoms with Gasteiger partial charge in [-0.3, -0.25) is 9.48 Å². The molecule has 158 valence electrons. The number of unbranched alkanes of at least 4 members (excludes halogenated alkanes) is 3. The van der Waals surface area contributed by atoms with Crippen LogP contribution in [-0.4, -0.2) is 40.6 Å². The molecule has 0 unspecified atom stereocenters. The number of sulfonamides is 1. The highest BCUT2D eigenvalue weighted by Gasteiger charge is 2.42. The van der Waals surface area contributed by atoms with Gasteiger partial charge in [-0.1, -0.05) is 40.0 Å². The van der Waals surface area contributed by atoms with Crippen LogP contribution in [0.4, 0.5) is 0 Å². The molecule has 0 N–H and O–H groups in total. The minimum absolute atomic E-state index is 0.0760. The summed E-state index contributed by atoms with van der Waals surface area (Å²) < 4.78 is 28.8. The minimum Gasteiger partial charge on any atom is -0.294 e. The predicted octanol–water partition coefficient (Wildman–Crippen LogP) is 4.11. The van der Waals surface area contributed by atoms with E-state index in [1.807, 2.05) is 4.68 Å². The molecule has 0 saturated carbocycles. The van der Waals surface area contributed by atoms with Crippen LogP contribution in [0.25, 0.3) is 0 Å². The molecule has 1 aliphatic heterocycles. The highest BCUT2D eigenvalue weighted by Crippen LogP contribution is 2.42. The van der Waals surface area contributed by atoms with Crippen molar-refractivity contribution in [1.29, 1.82) is 0 Å². The Labute approximate surface area is 169 Å². The third-order valence-electron chi connectivity index (χ3n) is 6.11. The molecular weight excluding hydrogens is 374 g/mol. The van der Waals surface area contributed by atoms with Crippen LogP contribution in [0, 0.1) is 5.41 Å². The summed E-state index contributed by atoms with van der Waals surface area (Å²) in [5, 5.41) is 4.88. The Hall–Kier alpha value is -1.21. The largest absolute Gasteiger partial charge is 0.294 e. The highest BCUT2D eigenvalue weighted by molar-refractivity contribution is 7.89. The van der Waals surface area contributed by atoms with E-state index in [1.165, 1.54) is 12.8 Å². The maximum Gasteiger partial charge on any atom is 0.214 e. The van der Waals surface area contributed by atoms with Gasteiger partial charge in [0, 0.05) is 19.5 Å². The van der Waals surface area contributed by atoms with Crippen molar-refractivity contribution in [3.05, 3.63) is 17.0 Å². The Morgan fingerprint density at radius 3 is 2.57 bits per heavy atom. The number of Topliss-reactive ketones (excluding diaryl/α,β-unsaturated/α-hetero) is 1. The Kier molecular flexibility index (Phi) is 6.35. The normalized spacial score (nSPS) is 22.6. The molecule has 0 amide bonds. The molecule has 7 heteroatoms. The Bertz CT molecular complexity index is 826. The van der Waals surface area contributed by atoms with Crippen molar-refractivity contribution < 1.29 is 13.2 Å². The van der Waals surface area contributed by atoms with Crippen LogP contribution in [0.2, 0.25) is 0 Å². The van der Waals surface area contributed by atoms with Crippen molar-refractivity contribution >= 4 is 15.8 Å². The molecule has 3 rings (SSSR count). The number of ketones is 1. The van der Waals surface area contributed by atoms with Crippen molar-refractivity contribution in [3.63, 3.8) is 0 Å². The van der Waals surface area contributed by atoms with Crippen LogP contribution in [0.5, 0.6) is 0 Å². The standard InChI is InChI=1S/C21H35N3O3S/c1-5-7-8-9-12-23-17-14-21(3,4)15-18(25)19(17)20(22-23)16-11-10-13-24(16)28(26,27)6-2/h16H,5-15H2,1-4H3/t16-/m0/s1. The van der Waals surface area contributed by atoms with Crippen molar-refractivity contribution in [2.75, 3.05) is 12.3 Å². The van der Waals surface area contributed by atoms with Crippen molar-refractivity contribution in [2.24, 2.45) is 5.41 Å². The number of hydrogen-bond acceptors (Lipinski definition) is 4. The van der Waals surface area contributed by atoms with Crippen LogP contribution in [-0.2, 0) is 23.0 Å². The number of aryl methyl sites for hydroxylation is 1. The zero-order valence-electron chi connectivity index (χ0n) is 17.8. The highest BCUT2D eigenvalue weighted by atomic mass is 32.2. The summed E-state index contributed by atoms with van der Waals surface area (Å²) in [4.78, 5) is 13.1. The lowest BCUT2D eigenvalue weighted by molar-refractivity contribution is 0.0907. The summed E-state index contributed by atoms with van der Waals surface area (Å²) in [6.07, 6.45) is 7.46. The number of rotatable bonds is 8. The molecule has 2 aliphatic rings. The molecule has 1 aliphatic carbocycles. The quantitative estimate of drug-likeness (QED) is 0.606. The third kappa shape index (κ3) is 4.20. The van der Waals surface area contributed by atoms with Crippen LogP contribution in [0.1, 0.15) is 100 Å². The van der Waals surface area contributed by atoms with E-state index in [9.17, 15) is 13.2 Å². The molecule has 2 heterocycles. The molecule has 1 aromatic heterocycles. The fourth-order valence-corrected chi connectivity index (χ4v) is 5.99. The summed E-state index contributed by atoms with van der Waals surface area (Å²) in [5.74, 6) is 0.214. The second kappa shape index (κ2) is 8.27. The van der Waals surface area contributed by atoms with Crippen molar-refractivity contribution in [2.45, 2.75) is 91.6 Å². The van der Waals surface area contributed by atoms with Crippen molar-refractivity contribution in [3.8, 4) is 0 Å². The SMILES string of the molecule is CCCCCCn1nc([C@@H]2CCCN2S(=O)(=O)CC)c2c1CC(C)(C)CC2=O. The molecule has 1 atom stereocenters. The lowest BCUT2D eigenvalue weighted by Gasteiger charge is -2.30. The first-order valence-electron chi connectivity index (χ1n) is 10.8. The summed E-state index contributed by atoms with van der Waals surface area (Å²) in [6, 6.07) is -0.291. The Morgan fingerprint density at radius 2 is 1.89 bits per heavy atom. The molecule has 28 heavy (non-hydrogen) atoms. The van der Waals surface area contributed by atoms with Gasteiger partial charge >= 0.3 is 0 Å². The predicted molar refractivity (Wildman–Crippen MR) is 111 cm³/mol. The average molecular weight is 410 g/mol. The monoisotopic (exact) mass is 409 g/mol. The zero-order valence-corrected chi connectivity index (χ0v) is 18.6. The second-order valence-electron chi connectivity index (χ2n) is 9.10. The van der Waals surface area contributed by atoms with Gasteiger partial charge in [-0.2, -0.15) is 9.40 Å². The zero-order chi connectivity index (χ0) is 20.5. The lowest BCUT2D eigenvalue weighted by atomic mass is 9.75. The molecule has 0 spiro atoms. The summed E-state index contributed by atoms with van der Waals surface area (Å²) in [7, 11) is -3.30. The minimum atomic E-state index is -3.30. The fourth-order valence-electron chi connectivity index (χ4n) is 4.66. The van der Waals surface area contributed by atoms with Gasteiger partial charge in [0.2, 0.25) is 10.0 Å². The smallest absolute Gasteiger partial charge is 0.214 e. The Morgan fingerprint density at radius 1 is 1.14 bits per heavy atom. The summed E-state index contributed by atoms with van der Waals surface area (Å²) in [5.41, 5.74) is 2.37. The second-order valence-corrected chi connectivity index (χ2v) is 11.3. The first-order chi connectivity index (χ1) is 13.2. The van der Waals surface area contributed by atoms with E-state index in [2.05, 4.69) is 20.8 Å². The van der Waals surface area contributed by atoms with Crippen molar-refractivity contribution in [1.82, 2.24) is 14.1 Å². The van der Waals surface area contributed by atoms with Gasteiger partial charge in [0.1, 0.15) is 0 Å². The summed E-state index contributed by atoms with van der Waals surface area (Å²) >= 11 is 0. The fraction of sp³-hybridized carbons (Fsp3) is 0.810. The number of fused-ring (bicyclic) bond motifs is 1. The van der Waals surface area contributed by atoms with E-state index in [1.54, 1.807) is 11.2 Å². The molecule has 1 fully saturated rings. The number of nitrogens with zero attached hydrogens (tertiary/aromatic N) is 3. The van der Waals surface area contributed by atoms with Crippen LogP contribution in [0.15, 0.2) is 0 Å². The van der Waals surface area contributed by atoms with Crippen LogP contribution in [0.3, 0.4) is 0 Å². The maximum atomic E-state index is 13.1. The molecule has 6 nitrogen and oxygen atoms in total. The molecule has 1 aromatic rings. The van der Waals surface area contributed by atoms with E-state index in [4.69, 9.17) is 5.10 Å².